The molecule has 5 aromatic rings. The Balaban J connectivity index is 1.41. The average Bonchev–Trinajstić information content (AvgIpc) is 3.38. The third kappa shape index (κ3) is 4.36. The molecule has 2 aromatic heterocycles. The van der Waals surface area contributed by atoms with E-state index >= 15 is 0 Å². The van der Waals surface area contributed by atoms with Crippen molar-refractivity contribution in [1.29, 1.82) is 0 Å². The molecule has 1 N–H and O–H groups in total. The number of nitrogens with zero attached hydrogens (tertiary/aromatic N) is 2. The zero-order valence-electron chi connectivity index (χ0n) is 18.5. The summed E-state index contributed by atoms with van der Waals surface area (Å²) in [7, 11) is -2.05. The highest BCUT2D eigenvalue weighted by atomic mass is 32.2. The lowest BCUT2D eigenvalue weighted by atomic mass is 10.1. The second-order valence-corrected chi connectivity index (χ2v) is 9.54. The van der Waals surface area contributed by atoms with Crippen molar-refractivity contribution in [2.75, 3.05) is 12.4 Å². The number of anilines is 2. The standard InChI is InChI=1S/C26H19N3O5S/c1-33-25-14-23-17(13-22(25)24-12-9-19(16-30)34-24)15-27-26(29-23)28-18-7-10-21(11-8-18)35(31,32)20-5-3-2-4-6-20/h2-16H,1H3,(H,27,28,29). The van der Waals surface area contributed by atoms with Gasteiger partial charge in [-0.15, -0.1) is 0 Å². The van der Waals surface area contributed by atoms with E-state index in [2.05, 4.69) is 15.3 Å². The third-order valence-corrected chi connectivity index (χ3v) is 7.17. The van der Waals surface area contributed by atoms with Crippen LogP contribution < -0.4 is 10.1 Å². The molecule has 0 spiro atoms. The van der Waals surface area contributed by atoms with Gasteiger partial charge in [-0.3, -0.25) is 4.79 Å². The number of aromatic nitrogens is 2. The van der Waals surface area contributed by atoms with Crippen molar-refractivity contribution in [3.8, 4) is 17.1 Å². The molecule has 0 atom stereocenters. The molecule has 0 aliphatic heterocycles. The highest BCUT2D eigenvalue weighted by Gasteiger charge is 2.17. The monoisotopic (exact) mass is 485 g/mol. The number of hydrogen-bond donors (Lipinski definition) is 1. The molecule has 8 nitrogen and oxygen atoms in total. The van der Waals surface area contributed by atoms with Crippen molar-refractivity contribution in [3.05, 3.63) is 90.8 Å². The molecule has 0 aliphatic carbocycles. The average molecular weight is 486 g/mol. The van der Waals surface area contributed by atoms with E-state index in [9.17, 15) is 13.2 Å². The molecule has 0 unspecified atom stereocenters. The smallest absolute Gasteiger partial charge is 0.227 e. The molecular weight excluding hydrogens is 466 g/mol. The van der Waals surface area contributed by atoms with E-state index in [1.807, 2.05) is 6.07 Å². The van der Waals surface area contributed by atoms with Gasteiger partial charge in [-0.05, 0) is 54.6 Å². The Bertz CT molecular complexity index is 1630. The lowest BCUT2D eigenvalue weighted by Gasteiger charge is -2.10. The van der Waals surface area contributed by atoms with Crippen molar-refractivity contribution in [1.82, 2.24) is 9.97 Å². The summed E-state index contributed by atoms with van der Waals surface area (Å²) in [6.07, 6.45) is 2.30. The maximum atomic E-state index is 12.8. The summed E-state index contributed by atoms with van der Waals surface area (Å²) in [5.41, 5.74) is 1.94. The van der Waals surface area contributed by atoms with Gasteiger partial charge in [0.1, 0.15) is 11.5 Å². The Morgan fingerprint density at radius 3 is 2.37 bits per heavy atom. The van der Waals surface area contributed by atoms with Gasteiger partial charge in [-0.25, -0.2) is 18.4 Å². The molecule has 174 valence electrons. The number of furan rings is 1. The summed E-state index contributed by atoms with van der Waals surface area (Å²) in [5, 5.41) is 3.84. The van der Waals surface area contributed by atoms with Gasteiger partial charge < -0.3 is 14.5 Å². The van der Waals surface area contributed by atoms with E-state index < -0.39 is 9.84 Å². The number of benzene rings is 3. The van der Waals surface area contributed by atoms with Crippen molar-refractivity contribution >= 4 is 38.7 Å². The van der Waals surface area contributed by atoms with Crippen molar-refractivity contribution < 1.29 is 22.4 Å². The Kier molecular flexibility index (Phi) is 5.76. The molecule has 9 heteroatoms. The molecule has 2 heterocycles. The van der Waals surface area contributed by atoms with E-state index in [4.69, 9.17) is 9.15 Å². The molecular formula is C26H19N3O5S. The van der Waals surface area contributed by atoms with Crippen LogP contribution in [0.25, 0.3) is 22.2 Å². The number of carbonyl (C=O) groups is 1. The maximum Gasteiger partial charge on any atom is 0.227 e. The molecule has 0 radical (unpaired) electrons. The minimum atomic E-state index is -3.59. The molecule has 0 fully saturated rings. The molecule has 0 amide bonds. The first-order chi connectivity index (χ1) is 17.0. The van der Waals surface area contributed by atoms with Crippen LogP contribution in [-0.2, 0) is 9.84 Å². The van der Waals surface area contributed by atoms with Gasteiger partial charge in [0.2, 0.25) is 15.8 Å². The second kappa shape index (κ2) is 9.03. The highest BCUT2D eigenvalue weighted by molar-refractivity contribution is 7.91. The molecule has 0 bridgehead atoms. The number of carbonyl (C=O) groups excluding carboxylic acids is 1. The van der Waals surface area contributed by atoms with Gasteiger partial charge >= 0.3 is 0 Å². The van der Waals surface area contributed by atoms with Crippen LogP contribution in [0.15, 0.2) is 99.3 Å². The minimum absolute atomic E-state index is 0.196. The Morgan fingerprint density at radius 2 is 1.69 bits per heavy atom. The predicted octanol–water partition coefficient (Wildman–Crippen LogP) is 5.29. The van der Waals surface area contributed by atoms with E-state index in [0.29, 0.717) is 40.5 Å². The van der Waals surface area contributed by atoms with Gasteiger partial charge in [0.25, 0.3) is 0 Å². The van der Waals surface area contributed by atoms with Crippen LogP contribution in [-0.4, -0.2) is 31.8 Å². The minimum Gasteiger partial charge on any atom is -0.496 e. The third-order valence-electron chi connectivity index (χ3n) is 5.38. The topological polar surface area (TPSA) is 111 Å². The van der Waals surface area contributed by atoms with Crippen molar-refractivity contribution in [3.63, 3.8) is 0 Å². The number of ether oxygens (including phenoxy) is 1. The number of sulfone groups is 1. The van der Waals surface area contributed by atoms with Crippen LogP contribution in [0.3, 0.4) is 0 Å². The normalized spacial score (nSPS) is 11.3. The van der Waals surface area contributed by atoms with Gasteiger partial charge in [0, 0.05) is 23.3 Å². The first-order valence-electron chi connectivity index (χ1n) is 10.6. The summed E-state index contributed by atoms with van der Waals surface area (Å²) in [6, 6.07) is 21.6. The van der Waals surface area contributed by atoms with Crippen LogP contribution in [0.5, 0.6) is 5.75 Å². The van der Waals surface area contributed by atoms with E-state index in [1.165, 1.54) is 12.1 Å². The SMILES string of the molecule is COc1cc2nc(Nc3ccc(S(=O)(=O)c4ccccc4)cc3)ncc2cc1-c1ccc(C=O)o1. The van der Waals surface area contributed by atoms with Crippen LogP contribution in [0.1, 0.15) is 10.6 Å². The number of hydrogen-bond acceptors (Lipinski definition) is 8. The predicted molar refractivity (Wildman–Crippen MR) is 131 cm³/mol. The Hall–Kier alpha value is -4.50. The molecule has 5 rings (SSSR count). The number of fused-ring (bicyclic) bond motifs is 1. The summed E-state index contributed by atoms with van der Waals surface area (Å²) in [6.45, 7) is 0. The summed E-state index contributed by atoms with van der Waals surface area (Å²) in [5.74, 6) is 1.59. The zero-order chi connectivity index (χ0) is 24.4. The first-order valence-corrected chi connectivity index (χ1v) is 12.0. The van der Waals surface area contributed by atoms with Crippen LogP contribution >= 0.6 is 0 Å². The number of methoxy groups -OCH3 is 1. The summed E-state index contributed by atoms with van der Waals surface area (Å²) in [4.78, 5) is 20.3. The van der Waals surface area contributed by atoms with Gasteiger partial charge in [0.15, 0.2) is 12.0 Å². The zero-order valence-corrected chi connectivity index (χ0v) is 19.3. The van der Waals surface area contributed by atoms with Gasteiger partial charge in [-0.1, -0.05) is 18.2 Å². The Morgan fingerprint density at radius 1 is 0.943 bits per heavy atom. The van der Waals surface area contributed by atoms with Crippen molar-refractivity contribution in [2.45, 2.75) is 9.79 Å². The molecule has 3 aromatic carbocycles. The highest BCUT2D eigenvalue weighted by Crippen LogP contribution is 2.35. The molecule has 0 saturated heterocycles. The fraction of sp³-hybridized carbons (Fsp3) is 0.0385. The fourth-order valence-corrected chi connectivity index (χ4v) is 4.91. The first kappa shape index (κ1) is 22.3. The van der Waals surface area contributed by atoms with Crippen molar-refractivity contribution in [2.24, 2.45) is 0 Å². The largest absolute Gasteiger partial charge is 0.496 e. The van der Waals surface area contributed by atoms with E-state index in [1.54, 1.807) is 74.0 Å². The summed E-state index contributed by atoms with van der Waals surface area (Å²) < 4.78 is 36.6. The quantitative estimate of drug-likeness (QED) is 0.310. The van der Waals surface area contributed by atoms with Crippen LogP contribution in [0.4, 0.5) is 11.6 Å². The number of aldehydes is 1. The van der Waals surface area contributed by atoms with Crippen LogP contribution in [0.2, 0.25) is 0 Å². The molecule has 0 aliphatic rings. The maximum absolute atomic E-state index is 12.8. The lowest BCUT2D eigenvalue weighted by molar-refractivity contribution is 0.110. The summed E-state index contributed by atoms with van der Waals surface area (Å²) >= 11 is 0. The van der Waals surface area contributed by atoms with E-state index in [-0.39, 0.29) is 15.6 Å². The number of nitrogens with one attached hydrogen (secondary N) is 1. The molecule has 35 heavy (non-hydrogen) atoms. The lowest BCUT2D eigenvalue weighted by Crippen LogP contribution is -2.02. The van der Waals surface area contributed by atoms with Gasteiger partial charge in [-0.2, -0.15) is 0 Å². The molecule has 0 saturated carbocycles. The fourth-order valence-electron chi connectivity index (χ4n) is 3.62. The van der Waals surface area contributed by atoms with Crippen LogP contribution in [0, 0.1) is 0 Å². The second-order valence-electron chi connectivity index (χ2n) is 7.59. The Labute approximate surface area is 201 Å². The number of rotatable bonds is 7. The van der Waals surface area contributed by atoms with Gasteiger partial charge in [0.05, 0.1) is 28.0 Å². The van der Waals surface area contributed by atoms with E-state index in [0.717, 1.165) is 5.39 Å².